The van der Waals surface area contributed by atoms with Gasteiger partial charge in [-0.15, -0.1) is 11.3 Å². The van der Waals surface area contributed by atoms with Crippen LogP contribution in [-0.4, -0.2) is 25.9 Å². The van der Waals surface area contributed by atoms with Gasteiger partial charge in [0.25, 0.3) is 5.91 Å². The molecule has 0 fully saturated rings. The molecular weight excluding hydrogens is 380 g/mol. The second-order valence-electron chi connectivity index (χ2n) is 6.24. The van der Waals surface area contributed by atoms with Gasteiger partial charge in [-0.3, -0.25) is 9.78 Å². The molecule has 1 aromatic carbocycles. The first-order chi connectivity index (χ1) is 12.9. The molecule has 0 saturated carbocycles. The van der Waals surface area contributed by atoms with E-state index in [-0.39, 0.29) is 17.3 Å². The molecule has 1 N–H and O–H groups in total. The molecule has 2 heterocycles. The van der Waals surface area contributed by atoms with Crippen LogP contribution in [0, 0.1) is 13.8 Å². The predicted molar refractivity (Wildman–Crippen MR) is 107 cm³/mol. The molecule has 0 radical (unpaired) electrons. The largest absolute Gasteiger partial charge is 0.350 e. The van der Waals surface area contributed by atoms with E-state index in [0.29, 0.717) is 10.4 Å². The maximum absolute atomic E-state index is 13.3. The Morgan fingerprint density at radius 1 is 1.11 bits per heavy atom. The molecule has 0 unspecified atom stereocenters. The van der Waals surface area contributed by atoms with Crippen molar-refractivity contribution in [3.05, 3.63) is 81.8 Å². The summed E-state index contributed by atoms with van der Waals surface area (Å²) in [6.07, 6.45) is 3.05. The summed E-state index contributed by atoms with van der Waals surface area (Å²) in [5.41, 5.74) is 2.40. The first-order valence-electron chi connectivity index (χ1n) is 8.42. The summed E-state index contributed by atoms with van der Waals surface area (Å²) in [5.74, 6) is -0.325. The van der Waals surface area contributed by atoms with E-state index in [2.05, 4.69) is 10.3 Å². The molecule has 0 spiro atoms. The molecule has 5 nitrogen and oxygen atoms in total. The molecule has 3 aromatic rings. The summed E-state index contributed by atoms with van der Waals surface area (Å²) in [7, 11) is -3.66. The minimum Gasteiger partial charge on any atom is -0.350 e. The highest BCUT2D eigenvalue weighted by molar-refractivity contribution is 7.91. The molecule has 27 heavy (non-hydrogen) atoms. The number of rotatable bonds is 6. The Morgan fingerprint density at radius 2 is 1.85 bits per heavy atom. The van der Waals surface area contributed by atoms with Gasteiger partial charge in [-0.25, -0.2) is 8.42 Å². The van der Waals surface area contributed by atoms with E-state index in [9.17, 15) is 13.2 Å². The third kappa shape index (κ3) is 4.26. The zero-order chi connectivity index (χ0) is 19.4. The number of benzene rings is 1. The smallest absolute Gasteiger partial charge is 0.251 e. The van der Waals surface area contributed by atoms with Crippen molar-refractivity contribution in [1.82, 2.24) is 10.3 Å². The highest BCUT2D eigenvalue weighted by atomic mass is 32.2. The van der Waals surface area contributed by atoms with E-state index in [0.717, 1.165) is 11.1 Å². The summed E-state index contributed by atoms with van der Waals surface area (Å²) >= 11 is 1.37. The first kappa shape index (κ1) is 19.3. The van der Waals surface area contributed by atoms with Crippen molar-refractivity contribution >= 4 is 27.1 Å². The maximum Gasteiger partial charge on any atom is 0.251 e. The summed E-state index contributed by atoms with van der Waals surface area (Å²) in [4.78, 5) is 17.2. The number of aryl methyl sites for hydroxylation is 2. The van der Waals surface area contributed by atoms with E-state index < -0.39 is 15.1 Å². The van der Waals surface area contributed by atoms with Crippen LogP contribution in [0.4, 0.5) is 0 Å². The normalized spacial score (nSPS) is 12.5. The minimum atomic E-state index is -3.66. The molecule has 7 heteroatoms. The third-order valence-corrected chi connectivity index (χ3v) is 7.65. The monoisotopic (exact) mass is 400 g/mol. The van der Waals surface area contributed by atoms with Crippen LogP contribution >= 0.6 is 11.3 Å². The average Bonchev–Trinajstić information content (AvgIpc) is 3.18. The number of nitrogens with zero attached hydrogens (tertiary/aromatic N) is 1. The Morgan fingerprint density at radius 3 is 2.48 bits per heavy atom. The molecule has 0 saturated heterocycles. The number of amides is 1. The summed E-state index contributed by atoms with van der Waals surface area (Å²) in [5, 5.41) is 3.74. The van der Waals surface area contributed by atoms with Crippen molar-refractivity contribution in [1.29, 1.82) is 0 Å². The Balaban J connectivity index is 1.90. The van der Waals surface area contributed by atoms with E-state index >= 15 is 0 Å². The zero-order valence-corrected chi connectivity index (χ0v) is 16.7. The number of carbonyl (C=O) groups excluding carboxylic acids is 1. The van der Waals surface area contributed by atoms with Crippen LogP contribution in [0.25, 0.3) is 0 Å². The third-order valence-electron chi connectivity index (χ3n) is 4.43. The van der Waals surface area contributed by atoms with Crippen molar-refractivity contribution in [2.75, 3.05) is 6.54 Å². The molecule has 0 aliphatic carbocycles. The number of carbonyl (C=O) groups is 1. The molecule has 0 bridgehead atoms. The van der Waals surface area contributed by atoms with Crippen molar-refractivity contribution in [3.8, 4) is 0 Å². The second-order valence-corrected chi connectivity index (χ2v) is 9.35. The zero-order valence-electron chi connectivity index (χ0n) is 15.0. The van der Waals surface area contributed by atoms with Gasteiger partial charge in [-0.1, -0.05) is 12.1 Å². The average molecular weight is 401 g/mol. The van der Waals surface area contributed by atoms with Crippen LogP contribution in [0.1, 0.15) is 31.6 Å². The van der Waals surface area contributed by atoms with E-state index in [1.165, 1.54) is 23.7 Å². The standard InChI is InChI=1S/C20H20N2O3S2/c1-14-5-6-17(12-15(14)2)27(24,25)19(18-4-3-11-26-18)13-22-20(23)16-7-9-21-10-8-16/h3-12,19H,13H2,1-2H3,(H,22,23)/t19-/m0/s1. The number of nitrogens with one attached hydrogen (secondary N) is 1. The van der Waals surface area contributed by atoms with E-state index in [1.807, 2.05) is 31.4 Å². The lowest BCUT2D eigenvalue weighted by Crippen LogP contribution is -2.31. The number of sulfone groups is 1. The molecule has 140 valence electrons. The predicted octanol–water partition coefficient (Wildman–Crippen LogP) is 3.70. The van der Waals surface area contributed by atoms with Gasteiger partial charge >= 0.3 is 0 Å². The lowest BCUT2D eigenvalue weighted by atomic mass is 10.1. The Bertz CT molecular complexity index is 1030. The van der Waals surface area contributed by atoms with Gasteiger partial charge in [0.1, 0.15) is 5.25 Å². The molecule has 0 aliphatic heterocycles. The second kappa shape index (κ2) is 8.02. The maximum atomic E-state index is 13.3. The SMILES string of the molecule is Cc1ccc(S(=O)(=O)[C@@H](CNC(=O)c2ccncc2)c2cccs2)cc1C. The van der Waals surface area contributed by atoms with Crippen molar-refractivity contribution < 1.29 is 13.2 Å². The van der Waals surface area contributed by atoms with Gasteiger partial charge in [-0.2, -0.15) is 0 Å². The Kier molecular flexibility index (Phi) is 5.72. The summed E-state index contributed by atoms with van der Waals surface area (Å²) < 4.78 is 26.6. The van der Waals surface area contributed by atoms with Crippen LogP contribution in [0.5, 0.6) is 0 Å². The number of hydrogen-bond donors (Lipinski definition) is 1. The molecule has 0 aliphatic rings. The summed E-state index contributed by atoms with van der Waals surface area (Å²) in [6, 6.07) is 11.9. The van der Waals surface area contributed by atoms with Gasteiger partial charge in [0.05, 0.1) is 4.90 Å². The van der Waals surface area contributed by atoms with Gasteiger partial charge in [0.2, 0.25) is 0 Å². The van der Waals surface area contributed by atoms with Crippen LogP contribution < -0.4 is 5.32 Å². The highest BCUT2D eigenvalue weighted by Crippen LogP contribution is 2.32. The van der Waals surface area contributed by atoms with Crippen molar-refractivity contribution in [2.24, 2.45) is 0 Å². The van der Waals surface area contributed by atoms with Crippen LogP contribution in [0.3, 0.4) is 0 Å². The van der Waals surface area contributed by atoms with Gasteiger partial charge < -0.3 is 5.32 Å². The van der Waals surface area contributed by atoms with Crippen LogP contribution in [-0.2, 0) is 9.84 Å². The van der Waals surface area contributed by atoms with Crippen molar-refractivity contribution in [3.63, 3.8) is 0 Å². The molecule has 1 amide bonds. The Labute approximate surface area is 163 Å². The Hall–Kier alpha value is -2.51. The fraction of sp³-hybridized carbons (Fsp3) is 0.200. The minimum absolute atomic E-state index is 0.00305. The number of hydrogen-bond acceptors (Lipinski definition) is 5. The lowest BCUT2D eigenvalue weighted by molar-refractivity contribution is 0.0953. The van der Waals surface area contributed by atoms with Crippen LogP contribution in [0.15, 0.2) is 65.1 Å². The number of pyridine rings is 1. The molecule has 2 aromatic heterocycles. The molecule has 3 rings (SSSR count). The highest BCUT2D eigenvalue weighted by Gasteiger charge is 2.30. The fourth-order valence-corrected chi connectivity index (χ4v) is 5.55. The quantitative estimate of drug-likeness (QED) is 0.684. The van der Waals surface area contributed by atoms with Crippen LogP contribution in [0.2, 0.25) is 0 Å². The van der Waals surface area contributed by atoms with E-state index in [4.69, 9.17) is 0 Å². The molecular formula is C20H20N2O3S2. The fourth-order valence-electron chi connectivity index (χ4n) is 2.68. The topological polar surface area (TPSA) is 76.1 Å². The number of thiophene rings is 1. The van der Waals surface area contributed by atoms with Gasteiger partial charge in [0, 0.05) is 29.4 Å². The van der Waals surface area contributed by atoms with Gasteiger partial charge in [0.15, 0.2) is 9.84 Å². The number of aromatic nitrogens is 1. The summed E-state index contributed by atoms with van der Waals surface area (Å²) in [6.45, 7) is 3.83. The molecule has 1 atom stereocenters. The lowest BCUT2D eigenvalue weighted by Gasteiger charge is -2.18. The van der Waals surface area contributed by atoms with E-state index in [1.54, 1.807) is 30.3 Å². The van der Waals surface area contributed by atoms with Gasteiger partial charge in [-0.05, 0) is 60.7 Å². The first-order valence-corrected chi connectivity index (χ1v) is 10.8. The van der Waals surface area contributed by atoms with Crippen molar-refractivity contribution in [2.45, 2.75) is 24.0 Å².